The lowest BCUT2D eigenvalue weighted by Crippen LogP contribution is -2.05. The number of hydrogen-bond donors (Lipinski definition) is 1. The van der Waals surface area contributed by atoms with Gasteiger partial charge < -0.3 is 14.3 Å². The minimum atomic E-state index is -0.130. The lowest BCUT2D eigenvalue weighted by Gasteiger charge is -2.08. The van der Waals surface area contributed by atoms with E-state index in [1.165, 1.54) is 18.2 Å². The van der Waals surface area contributed by atoms with Crippen molar-refractivity contribution < 1.29 is 14.3 Å². The molecule has 88 valence electrons. The Morgan fingerprint density at radius 2 is 2.18 bits per heavy atom. The molecule has 1 atom stereocenters. The van der Waals surface area contributed by atoms with Crippen molar-refractivity contribution in [1.29, 1.82) is 0 Å². The molecule has 0 unspecified atom stereocenters. The average molecular weight is 232 g/mol. The molecule has 2 aromatic rings. The van der Waals surface area contributed by atoms with Gasteiger partial charge in [-0.25, -0.2) is 0 Å². The average Bonchev–Trinajstić information content (AvgIpc) is 2.81. The lowest BCUT2D eigenvalue weighted by atomic mass is 10.1. The summed E-state index contributed by atoms with van der Waals surface area (Å²) >= 11 is 0. The molecule has 2 heterocycles. The van der Waals surface area contributed by atoms with Crippen LogP contribution in [0, 0.1) is 0 Å². The normalized spacial score (nSPS) is 19.9. The van der Waals surface area contributed by atoms with Crippen LogP contribution in [0.15, 0.2) is 33.5 Å². The van der Waals surface area contributed by atoms with Crippen LogP contribution in [0.1, 0.15) is 24.7 Å². The minimum absolute atomic E-state index is 0.0881. The fraction of sp³-hybridized carbons (Fsp3) is 0.308. The van der Waals surface area contributed by atoms with Gasteiger partial charge in [-0.2, -0.15) is 0 Å². The van der Waals surface area contributed by atoms with Crippen molar-refractivity contribution in [1.82, 2.24) is 0 Å². The summed E-state index contributed by atoms with van der Waals surface area (Å²) in [5, 5.41) is 9.86. The van der Waals surface area contributed by atoms with Gasteiger partial charge in [-0.1, -0.05) is 0 Å². The second kappa shape index (κ2) is 3.89. The summed E-state index contributed by atoms with van der Waals surface area (Å²) in [4.78, 5) is 11.9. The van der Waals surface area contributed by atoms with Crippen LogP contribution in [-0.4, -0.2) is 11.7 Å². The largest absolute Gasteiger partial charge is 0.508 e. The van der Waals surface area contributed by atoms with Gasteiger partial charge in [0.05, 0.1) is 5.39 Å². The second-order valence-electron chi connectivity index (χ2n) is 4.20. The number of fused-ring (bicyclic) bond motifs is 1. The fourth-order valence-corrected chi connectivity index (χ4v) is 2.12. The first-order chi connectivity index (χ1) is 8.24. The molecule has 0 radical (unpaired) electrons. The molecule has 0 aliphatic carbocycles. The minimum Gasteiger partial charge on any atom is -0.508 e. The Bertz CT molecular complexity index is 608. The number of phenolic OH excluding ortho intramolecular Hbond substituents is 1. The standard InChI is InChI=1S/C13H12O4/c14-8-3-4-9-10(15)7-13(17-12(9)6-8)11-2-1-5-16-11/h3-4,6-7,11,14H,1-2,5H2/t11-/m0/s1. The van der Waals surface area contributed by atoms with Crippen LogP contribution in [0.5, 0.6) is 5.75 Å². The van der Waals surface area contributed by atoms with Gasteiger partial charge in [-0.15, -0.1) is 0 Å². The van der Waals surface area contributed by atoms with E-state index in [0.29, 0.717) is 23.3 Å². The van der Waals surface area contributed by atoms with Gasteiger partial charge in [0.2, 0.25) is 0 Å². The molecular weight excluding hydrogens is 220 g/mol. The van der Waals surface area contributed by atoms with E-state index in [2.05, 4.69) is 0 Å². The smallest absolute Gasteiger partial charge is 0.193 e. The van der Waals surface area contributed by atoms with Gasteiger partial charge in [0.1, 0.15) is 23.2 Å². The van der Waals surface area contributed by atoms with Crippen molar-refractivity contribution in [2.24, 2.45) is 0 Å². The van der Waals surface area contributed by atoms with Gasteiger partial charge in [0.25, 0.3) is 0 Å². The maximum atomic E-state index is 11.9. The highest BCUT2D eigenvalue weighted by Gasteiger charge is 2.21. The van der Waals surface area contributed by atoms with E-state index < -0.39 is 0 Å². The van der Waals surface area contributed by atoms with Crippen LogP contribution in [0.4, 0.5) is 0 Å². The molecule has 1 saturated heterocycles. The lowest BCUT2D eigenvalue weighted by molar-refractivity contribution is 0.0939. The highest BCUT2D eigenvalue weighted by Crippen LogP contribution is 2.29. The SMILES string of the molecule is O=c1cc([C@@H]2CCCO2)oc2cc(O)ccc12. The summed E-state index contributed by atoms with van der Waals surface area (Å²) in [6.07, 6.45) is 1.72. The number of hydrogen-bond acceptors (Lipinski definition) is 4. The van der Waals surface area contributed by atoms with Crippen LogP contribution >= 0.6 is 0 Å². The first-order valence-corrected chi connectivity index (χ1v) is 5.62. The van der Waals surface area contributed by atoms with Crippen LogP contribution in [0.2, 0.25) is 0 Å². The number of benzene rings is 1. The number of aromatic hydroxyl groups is 1. The van der Waals surface area contributed by atoms with Gasteiger partial charge in [-0.3, -0.25) is 4.79 Å². The number of ether oxygens (including phenoxy) is 1. The monoisotopic (exact) mass is 232 g/mol. The van der Waals surface area contributed by atoms with Crippen molar-refractivity contribution in [2.45, 2.75) is 18.9 Å². The van der Waals surface area contributed by atoms with E-state index in [1.54, 1.807) is 6.07 Å². The molecule has 0 bridgehead atoms. The summed E-state index contributed by atoms with van der Waals surface area (Å²) in [7, 11) is 0. The third-order valence-corrected chi connectivity index (χ3v) is 2.98. The molecule has 1 aromatic heterocycles. The molecule has 0 saturated carbocycles. The zero-order chi connectivity index (χ0) is 11.8. The molecular formula is C13H12O4. The second-order valence-corrected chi connectivity index (χ2v) is 4.20. The van der Waals surface area contributed by atoms with Crippen LogP contribution in [0.25, 0.3) is 11.0 Å². The molecule has 3 rings (SSSR count). The van der Waals surface area contributed by atoms with Crippen molar-refractivity contribution in [3.63, 3.8) is 0 Å². The zero-order valence-electron chi connectivity index (χ0n) is 9.18. The highest BCUT2D eigenvalue weighted by atomic mass is 16.5. The van der Waals surface area contributed by atoms with E-state index in [0.717, 1.165) is 12.8 Å². The fourth-order valence-electron chi connectivity index (χ4n) is 2.12. The first-order valence-electron chi connectivity index (χ1n) is 5.62. The van der Waals surface area contributed by atoms with Gasteiger partial charge in [0.15, 0.2) is 5.43 Å². The third-order valence-electron chi connectivity index (χ3n) is 2.98. The van der Waals surface area contributed by atoms with E-state index in [9.17, 15) is 9.90 Å². The van der Waals surface area contributed by atoms with E-state index in [4.69, 9.17) is 9.15 Å². The van der Waals surface area contributed by atoms with Crippen LogP contribution in [-0.2, 0) is 4.74 Å². The summed E-state index contributed by atoms with van der Waals surface area (Å²) in [5.41, 5.74) is 0.305. The molecule has 1 N–H and O–H groups in total. The van der Waals surface area contributed by atoms with Gasteiger partial charge in [0, 0.05) is 18.7 Å². The molecule has 0 amide bonds. The Kier molecular flexibility index (Phi) is 2.37. The molecule has 1 aliphatic heterocycles. The summed E-state index contributed by atoms with van der Waals surface area (Å²) in [5.74, 6) is 0.635. The Hall–Kier alpha value is -1.81. The summed E-state index contributed by atoms with van der Waals surface area (Å²) < 4.78 is 11.1. The van der Waals surface area contributed by atoms with Crippen LogP contribution < -0.4 is 5.43 Å². The number of rotatable bonds is 1. The summed E-state index contributed by atoms with van der Waals surface area (Å²) in [6, 6.07) is 5.98. The molecule has 1 aliphatic rings. The Morgan fingerprint density at radius 3 is 2.94 bits per heavy atom. The predicted octanol–water partition coefficient (Wildman–Crippen LogP) is 2.35. The third kappa shape index (κ3) is 1.80. The molecule has 0 spiro atoms. The molecule has 4 nitrogen and oxygen atoms in total. The van der Waals surface area contributed by atoms with E-state index in [1.807, 2.05) is 0 Å². The van der Waals surface area contributed by atoms with Crippen molar-refractivity contribution >= 4 is 11.0 Å². The predicted molar refractivity (Wildman–Crippen MR) is 62.1 cm³/mol. The zero-order valence-corrected chi connectivity index (χ0v) is 9.18. The highest BCUT2D eigenvalue weighted by molar-refractivity contribution is 5.77. The van der Waals surface area contributed by atoms with Crippen molar-refractivity contribution in [3.8, 4) is 5.75 Å². The van der Waals surface area contributed by atoms with Gasteiger partial charge >= 0.3 is 0 Å². The first kappa shape index (κ1) is 10.4. The summed E-state index contributed by atoms with van der Waals surface area (Å²) in [6.45, 7) is 0.701. The maximum absolute atomic E-state index is 11.9. The molecule has 4 heteroatoms. The number of phenols is 1. The Balaban J connectivity index is 2.18. The van der Waals surface area contributed by atoms with Crippen LogP contribution in [0.3, 0.4) is 0 Å². The van der Waals surface area contributed by atoms with Crippen molar-refractivity contribution in [2.75, 3.05) is 6.61 Å². The Labute approximate surface area is 97.4 Å². The van der Waals surface area contributed by atoms with E-state index in [-0.39, 0.29) is 17.3 Å². The molecule has 1 aromatic carbocycles. The quantitative estimate of drug-likeness (QED) is 0.819. The molecule has 1 fully saturated rings. The topological polar surface area (TPSA) is 59.7 Å². The maximum Gasteiger partial charge on any atom is 0.193 e. The Morgan fingerprint density at radius 1 is 1.29 bits per heavy atom. The van der Waals surface area contributed by atoms with E-state index >= 15 is 0 Å². The van der Waals surface area contributed by atoms with Gasteiger partial charge in [-0.05, 0) is 25.0 Å². The van der Waals surface area contributed by atoms with Crippen molar-refractivity contribution in [3.05, 3.63) is 40.2 Å². The molecule has 17 heavy (non-hydrogen) atoms.